The Morgan fingerprint density at radius 2 is 1.67 bits per heavy atom. The fraction of sp³-hybridized carbons (Fsp3) is 0.625. The van der Waals surface area contributed by atoms with E-state index in [1.807, 2.05) is 0 Å². The van der Waals surface area contributed by atoms with Crippen molar-refractivity contribution in [3.63, 3.8) is 0 Å². The van der Waals surface area contributed by atoms with E-state index in [0.717, 1.165) is 6.08 Å². The first-order valence-corrected chi connectivity index (χ1v) is 4.06. The van der Waals surface area contributed by atoms with Crippen molar-refractivity contribution >= 4 is 5.71 Å². The van der Waals surface area contributed by atoms with Gasteiger partial charge in [0.15, 0.2) is 0 Å². The van der Waals surface area contributed by atoms with Crippen molar-refractivity contribution in [1.82, 2.24) is 0 Å². The number of nitrogens with zero attached hydrogens (tertiary/aromatic N) is 1. The monoisotopic (exact) mass is 231 g/mol. The zero-order chi connectivity index (χ0) is 11.7. The van der Waals surface area contributed by atoms with Crippen molar-refractivity contribution < 1.29 is 26.3 Å². The number of hydrogen-bond acceptors (Lipinski definition) is 1. The Kier molecular flexibility index (Phi) is 3.11. The third-order valence-corrected chi connectivity index (χ3v) is 1.92. The molecule has 86 valence electrons. The summed E-state index contributed by atoms with van der Waals surface area (Å²) in [5.74, 6) is -2.55. The molecular formula is C8H7F6N. The van der Waals surface area contributed by atoms with Gasteiger partial charge in [0.25, 0.3) is 0 Å². The lowest BCUT2D eigenvalue weighted by atomic mass is 9.98. The molecule has 0 saturated heterocycles. The van der Waals surface area contributed by atoms with E-state index in [9.17, 15) is 26.3 Å². The van der Waals surface area contributed by atoms with Crippen LogP contribution in [0.4, 0.5) is 26.3 Å². The fourth-order valence-corrected chi connectivity index (χ4v) is 1.26. The number of alkyl halides is 6. The third kappa shape index (κ3) is 2.97. The van der Waals surface area contributed by atoms with Gasteiger partial charge in [0, 0.05) is 0 Å². The summed E-state index contributed by atoms with van der Waals surface area (Å²) in [5, 5.41) is 0. The van der Waals surface area contributed by atoms with Gasteiger partial charge in [-0.05, 0) is 6.42 Å². The fourth-order valence-electron chi connectivity index (χ4n) is 1.26. The summed E-state index contributed by atoms with van der Waals surface area (Å²) in [6.07, 6.45) is -8.38. The highest BCUT2D eigenvalue weighted by Crippen LogP contribution is 2.36. The standard InChI is InChI=1S/C8H7F6N/c9-7(10,11)5-3-1-2-4-15-6(5)8(12,13)14/h1-2,5H,3-4H2. The Morgan fingerprint density at radius 1 is 1.07 bits per heavy atom. The molecule has 0 amide bonds. The molecular weight excluding hydrogens is 224 g/mol. The molecule has 7 heteroatoms. The SMILES string of the molecule is FC(F)(F)C1=NCC=CCC1C(F)(F)F. The highest BCUT2D eigenvalue weighted by atomic mass is 19.4. The van der Waals surface area contributed by atoms with E-state index >= 15 is 0 Å². The van der Waals surface area contributed by atoms with Gasteiger partial charge >= 0.3 is 12.4 Å². The molecule has 1 aliphatic rings. The molecule has 0 fully saturated rings. The molecule has 1 heterocycles. The predicted octanol–water partition coefficient (Wildman–Crippen LogP) is 3.13. The van der Waals surface area contributed by atoms with Crippen LogP contribution in [0.2, 0.25) is 0 Å². The Bertz CT molecular complexity index is 284. The first-order chi connectivity index (χ1) is 6.73. The van der Waals surface area contributed by atoms with E-state index in [0.29, 0.717) is 0 Å². The van der Waals surface area contributed by atoms with Crippen molar-refractivity contribution in [2.24, 2.45) is 10.9 Å². The summed E-state index contributed by atoms with van der Waals surface area (Å²) in [6.45, 7) is -0.360. The van der Waals surface area contributed by atoms with Gasteiger partial charge in [-0.2, -0.15) is 26.3 Å². The number of aliphatic imine (C=N–C) groups is 1. The summed E-state index contributed by atoms with van der Waals surface area (Å²) >= 11 is 0. The molecule has 1 unspecified atom stereocenters. The van der Waals surface area contributed by atoms with E-state index in [2.05, 4.69) is 4.99 Å². The minimum atomic E-state index is -5.02. The first-order valence-electron chi connectivity index (χ1n) is 4.06. The van der Waals surface area contributed by atoms with Gasteiger partial charge in [-0.3, -0.25) is 4.99 Å². The van der Waals surface area contributed by atoms with Crippen LogP contribution < -0.4 is 0 Å². The van der Waals surface area contributed by atoms with Crippen LogP contribution in [0.15, 0.2) is 17.1 Å². The van der Waals surface area contributed by atoms with Gasteiger partial charge in [-0.1, -0.05) is 12.2 Å². The maximum Gasteiger partial charge on any atom is 0.429 e. The lowest BCUT2D eigenvalue weighted by Crippen LogP contribution is -2.39. The van der Waals surface area contributed by atoms with Crippen LogP contribution in [0.5, 0.6) is 0 Å². The van der Waals surface area contributed by atoms with E-state index in [4.69, 9.17) is 0 Å². The molecule has 0 aromatic rings. The second-order valence-corrected chi connectivity index (χ2v) is 3.02. The van der Waals surface area contributed by atoms with Crippen molar-refractivity contribution in [2.45, 2.75) is 18.8 Å². The molecule has 1 aliphatic heterocycles. The maximum atomic E-state index is 12.3. The van der Waals surface area contributed by atoms with E-state index in [1.165, 1.54) is 6.08 Å². The molecule has 1 nitrogen and oxygen atoms in total. The molecule has 0 aromatic heterocycles. The lowest BCUT2D eigenvalue weighted by molar-refractivity contribution is -0.163. The van der Waals surface area contributed by atoms with Crippen LogP contribution in [-0.2, 0) is 0 Å². The third-order valence-electron chi connectivity index (χ3n) is 1.92. The Balaban J connectivity index is 3.04. The molecule has 0 bridgehead atoms. The largest absolute Gasteiger partial charge is 0.429 e. The molecule has 0 spiro atoms. The molecule has 0 aromatic carbocycles. The van der Waals surface area contributed by atoms with Gasteiger partial charge in [0.2, 0.25) is 0 Å². The van der Waals surface area contributed by atoms with E-state index < -0.39 is 30.4 Å². The first kappa shape index (κ1) is 12.1. The smallest absolute Gasteiger partial charge is 0.280 e. The van der Waals surface area contributed by atoms with Crippen molar-refractivity contribution in [3.05, 3.63) is 12.2 Å². The number of rotatable bonds is 0. The second kappa shape index (κ2) is 3.86. The predicted molar refractivity (Wildman–Crippen MR) is 41.7 cm³/mol. The van der Waals surface area contributed by atoms with Gasteiger partial charge in [0.05, 0.1) is 6.54 Å². The summed E-state index contributed by atoms with van der Waals surface area (Å²) in [4.78, 5) is 2.93. The molecule has 0 N–H and O–H groups in total. The molecule has 0 radical (unpaired) electrons. The number of halogens is 6. The summed E-state index contributed by atoms with van der Waals surface area (Å²) in [5.41, 5.74) is -1.74. The van der Waals surface area contributed by atoms with Gasteiger partial charge in [-0.15, -0.1) is 0 Å². The lowest BCUT2D eigenvalue weighted by Gasteiger charge is -2.21. The van der Waals surface area contributed by atoms with Crippen LogP contribution in [0, 0.1) is 5.92 Å². The van der Waals surface area contributed by atoms with Gasteiger partial charge < -0.3 is 0 Å². The molecule has 1 rings (SSSR count). The minimum Gasteiger partial charge on any atom is -0.280 e. The Hall–Kier alpha value is -1.01. The highest BCUT2D eigenvalue weighted by molar-refractivity contribution is 5.92. The van der Waals surface area contributed by atoms with E-state index in [1.54, 1.807) is 0 Å². The van der Waals surface area contributed by atoms with E-state index in [-0.39, 0.29) is 6.54 Å². The van der Waals surface area contributed by atoms with Crippen LogP contribution in [0.3, 0.4) is 0 Å². The van der Waals surface area contributed by atoms with Gasteiger partial charge in [0.1, 0.15) is 11.6 Å². The van der Waals surface area contributed by atoms with Gasteiger partial charge in [-0.25, -0.2) is 0 Å². The molecule has 0 aliphatic carbocycles. The van der Waals surface area contributed by atoms with Crippen LogP contribution in [0.1, 0.15) is 6.42 Å². The molecule has 0 saturated carbocycles. The Labute approximate surface area is 81.5 Å². The number of hydrogen-bond donors (Lipinski definition) is 0. The minimum absolute atomic E-state index is 0.360. The topological polar surface area (TPSA) is 12.4 Å². The van der Waals surface area contributed by atoms with Crippen LogP contribution >= 0.6 is 0 Å². The summed E-state index contributed by atoms with van der Waals surface area (Å²) in [6, 6.07) is 0. The molecule has 1 atom stereocenters. The van der Waals surface area contributed by atoms with Crippen molar-refractivity contribution in [3.8, 4) is 0 Å². The summed E-state index contributed by atoms with van der Waals surface area (Å²) in [7, 11) is 0. The average Bonchev–Trinajstić information content (AvgIpc) is 2.24. The quantitative estimate of drug-likeness (QED) is 0.448. The summed E-state index contributed by atoms with van der Waals surface area (Å²) < 4.78 is 73.6. The Morgan fingerprint density at radius 3 is 2.13 bits per heavy atom. The van der Waals surface area contributed by atoms with Crippen LogP contribution in [0.25, 0.3) is 0 Å². The zero-order valence-corrected chi connectivity index (χ0v) is 7.36. The zero-order valence-electron chi connectivity index (χ0n) is 7.36. The second-order valence-electron chi connectivity index (χ2n) is 3.02. The maximum absolute atomic E-state index is 12.3. The van der Waals surface area contributed by atoms with Crippen LogP contribution in [-0.4, -0.2) is 24.6 Å². The van der Waals surface area contributed by atoms with Crippen molar-refractivity contribution in [1.29, 1.82) is 0 Å². The average molecular weight is 231 g/mol. The molecule has 15 heavy (non-hydrogen) atoms. The normalized spacial score (nSPS) is 23.6. The van der Waals surface area contributed by atoms with Crippen molar-refractivity contribution in [2.75, 3.05) is 6.54 Å². The number of allylic oxidation sites excluding steroid dienone is 1. The highest BCUT2D eigenvalue weighted by Gasteiger charge is 2.51.